The predicted molar refractivity (Wildman–Crippen MR) is 70.8 cm³/mol. The van der Waals surface area contributed by atoms with Crippen molar-refractivity contribution in [3.05, 3.63) is 53.1 Å². The number of fused-ring (bicyclic) bond motifs is 1. The standard InChI is InChI=1S/C15H15F3N2O/c16-15(17,18)13-4-2-1-3-10(13)7-14-19-8-11-5-6-12(21)9-20(11)14/h1-4,8,12,21H,5-7,9H2. The van der Waals surface area contributed by atoms with Crippen LogP contribution in [0.2, 0.25) is 0 Å². The van der Waals surface area contributed by atoms with Crippen LogP contribution in [0.25, 0.3) is 0 Å². The predicted octanol–water partition coefficient (Wildman–Crippen LogP) is 2.80. The number of aliphatic hydroxyl groups excluding tert-OH is 1. The van der Waals surface area contributed by atoms with E-state index in [-0.39, 0.29) is 12.0 Å². The van der Waals surface area contributed by atoms with E-state index in [1.165, 1.54) is 12.1 Å². The Labute approximate surface area is 120 Å². The van der Waals surface area contributed by atoms with Crippen LogP contribution < -0.4 is 0 Å². The average molecular weight is 296 g/mol. The summed E-state index contributed by atoms with van der Waals surface area (Å²) >= 11 is 0. The lowest BCUT2D eigenvalue weighted by molar-refractivity contribution is -0.138. The number of aromatic nitrogens is 2. The lowest BCUT2D eigenvalue weighted by Gasteiger charge is -2.22. The number of hydrogen-bond donors (Lipinski definition) is 1. The van der Waals surface area contributed by atoms with E-state index in [2.05, 4.69) is 4.98 Å². The van der Waals surface area contributed by atoms with E-state index in [1.807, 2.05) is 4.57 Å². The summed E-state index contributed by atoms with van der Waals surface area (Å²) in [7, 11) is 0. The number of hydrogen-bond acceptors (Lipinski definition) is 2. The van der Waals surface area contributed by atoms with Crippen molar-refractivity contribution >= 4 is 0 Å². The number of nitrogens with zero attached hydrogens (tertiary/aromatic N) is 2. The number of benzene rings is 1. The molecule has 112 valence electrons. The van der Waals surface area contributed by atoms with Crippen LogP contribution in [0.15, 0.2) is 30.5 Å². The van der Waals surface area contributed by atoms with Gasteiger partial charge in [-0.2, -0.15) is 13.2 Å². The van der Waals surface area contributed by atoms with E-state index in [0.29, 0.717) is 25.2 Å². The molecule has 1 aliphatic heterocycles. The minimum atomic E-state index is -4.37. The summed E-state index contributed by atoms with van der Waals surface area (Å²) < 4.78 is 40.9. The van der Waals surface area contributed by atoms with Crippen LogP contribution in [0.1, 0.15) is 29.1 Å². The number of imidazole rings is 1. The molecule has 1 atom stereocenters. The van der Waals surface area contributed by atoms with E-state index < -0.39 is 17.8 Å². The fourth-order valence-electron chi connectivity index (χ4n) is 2.76. The first-order valence-corrected chi connectivity index (χ1v) is 6.81. The molecule has 2 aromatic rings. The maximum absolute atomic E-state index is 13.0. The molecule has 0 saturated heterocycles. The summed E-state index contributed by atoms with van der Waals surface area (Å²) in [4.78, 5) is 4.24. The van der Waals surface area contributed by atoms with Crippen molar-refractivity contribution in [3.63, 3.8) is 0 Å². The lowest BCUT2D eigenvalue weighted by atomic mass is 10.0. The number of alkyl halides is 3. The molecule has 1 aromatic heterocycles. The average Bonchev–Trinajstić information content (AvgIpc) is 2.81. The van der Waals surface area contributed by atoms with Gasteiger partial charge in [0.1, 0.15) is 5.82 Å². The summed E-state index contributed by atoms with van der Waals surface area (Å²) in [6, 6.07) is 5.55. The minimum absolute atomic E-state index is 0.113. The molecule has 6 heteroatoms. The smallest absolute Gasteiger partial charge is 0.391 e. The molecule has 0 radical (unpaired) electrons. The van der Waals surface area contributed by atoms with Gasteiger partial charge in [0.15, 0.2) is 0 Å². The molecule has 1 unspecified atom stereocenters. The Balaban J connectivity index is 1.94. The molecular weight excluding hydrogens is 281 g/mol. The van der Waals surface area contributed by atoms with Gasteiger partial charge in [0.2, 0.25) is 0 Å². The zero-order valence-electron chi connectivity index (χ0n) is 11.3. The first kappa shape index (κ1) is 14.1. The molecule has 1 aromatic carbocycles. The van der Waals surface area contributed by atoms with Gasteiger partial charge >= 0.3 is 6.18 Å². The summed E-state index contributed by atoms with van der Waals surface area (Å²) in [6.45, 7) is 0.402. The van der Waals surface area contributed by atoms with Crippen molar-refractivity contribution in [2.75, 3.05) is 0 Å². The lowest BCUT2D eigenvalue weighted by Crippen LogP contribution is -2.25. The van der Waals surface area contributed by atoms with Crippen LogP contribution in [0.4, 0.5) is 13.2 Å². The van der Waals surface area contributed by atoms with Crippen molar-refractivity contribution < 1.29 is 18.3 Å². The summed E-state index contributed by atoms with van der Waals surface area (Å²) in [5.41, 5.74) is 0.553. The van der Waals surface area contributed by atoms with E-state index in [9.17, 15) is 18.3 Å². The largest absolute Gasteiger partial charge is 0.416 e. The molecule has 2 heterocycles. The third-order valence-electron chi connectivity index (χ3n) is 3.82. The van der Waals surface area contributed by atoms with Gasteiger partial charge in [-0.25, -0.2) is 4.98 Å². The van der Waals surface area contributed by atoms with Gasteiger partial charge in [0.05, 0.1) is 18.2 Å². The molecule has 0 spiro atoms. The Morgan fingerprint density at radius 2 is 2.05 bits per heavy atom. The van der Waals surface area contributed by atoms with E-state index in [0.717, 1.165) is 11.8 Å². The Morgan fingerprint density at radius 1 is 1.29 bits per heavy atom. The number of rotatable bonds is 2. The van der Waals surface area contributed by atoms with Gasteiger partial charge < -0.3 is 9.67 Å². The first-order chi connectivity index (χ1) is 9.95. The third-order valence-corrected chi connectivity index (χ3v) is 3.82. The van der Waals surface area contributed by atoms with Gasteiger partial charge in [-0.15, -0.1) is 0 Å². The normalized spacial score (nSPS) is 18.6. The highest BCUT2D eigenvalue weighted by atomic mass is 19.4. The summed E-state index contributed by atoms with van der Waals surface area (Å²) in [5.74, 6) is 0.570. The highest BCUT2D eigenvalue weighted by molar-refractivity contribution is 5.32. The molecule has 3 nitrogen and oxygen atoms in total. The fraction of sp³-hybridized carbons (Fsp3) is 0.400. The SMILES string of the molecule is OC1CCc2cnc(Cc3ccccc3C(F)(F)F)n2C1. The Kier molecular flexibility index (Phi) is 3.49. The van der Waals surface area contributed by atoms with Gasteiger partial charge in [0, 0.05) is 18.3 Å². The van der Waals surface area contributed by atoms with Crippen LogP contribution in [-0.4, -0.2) is 20.8 Å². The molecule has 21 heavy (non-hydrogen) atoms. The Hall–Kier alpha value is -1.82. The summed E-state index contributed by atoms with van der Waals surface area (Å²) in [5, 5.41) is 9.72. The second-order valence-corrected chi connectivity index (χ2v) is 5.30. The molecule has 1 aliphatic rings. The molecule has 0 amide bonds. The fourth-order valence-corrected chi connectivity index (χ4v) is 2.76. The maximum atomic E-state index is 13.0. The van der Waals surface area contributed by atoms with Crippen molar-refractivity contribution in [1.29, 1.82) is 0 Å². The monoisotopic (exact) mass is 296 g/mol. The zero-order valence-corrected chi connectivity index (χ0v) is 11.3. The highest BCUT2D eigenvalue weighted by Gasteiger charge is 2.33. The van der Waals surface area contributed by atoms with Gasteiger partial charge in [-0.05, 0) is 24.5 Å². The van der Waals surface area contributed by atoms with Gasteiger partial charge in [-0.3, -0.25) is 0 Å². The number of aliphatic hydroxyl groups is 1. The van der Waals surface area contributed by atoms with Crippen LogP contribution in [0, 0.1) is 0 Å². The third kappa shape index (κ3) is 2.81. The topological polar surface area (TPSA) is 38.1 Å². The van der Waals surface area contributed by atoms with Crippen molar-refractivity contribution in [3.8, 4) is 0 Å². The van der Waals surface area contributed by atoms with Crippen LogP contribution in [-0.2, 0) is 25.6 Å². The van der Waals surface area contributed by atoms with E-state index >= 15 is 0 Å². The number of aryl methyl sites for hydroxylation is 1. The second-order valence-electron chi connectivity index (χ2n) is 5.30. The molecule has 0 saturated carbocycles. The van der Waals surface area contributed by atoms with Crippen LogP contribution in [0.3, 0.4) is 0 Å². The number of halogens is 3. The van der Waals surface area contributed by atoms with Crippen molar-refractivity contribution in [2.45, 2.75) is 38.1 Å². The van der Waals surface area contributed by atoms with Crippen molar-refractivity contribution in [1.82, 2.24) is 9.55 Å². The van der Waals surface area contributed by atoms with Gasteiger partial charge in [0.25, 0.3) is 0 Å². The van der Waals surface area contributed by atoms with Crippen LogP contribution >= 0.6 is 0 Å². The van der Waals surface area contributed by atoms with Gasteiger partial charge in [-0.1, -0.05) is 18.2 Å². The minimum Gasteiger partial charge on any atom is -0.391 e. The Bertz CT molecular complexity index is 649. The maximum Gasteiger partial charge on any atom is 0.416 e. The quantitative estimate of drug-likeness (QED) is 0.925. The first-order valence-electron chi connectivity index (χ1n) is 6.81. The molecule has 0 fully saturated rings. The molecule has 3 rings (SSSR count). The van der Waals surface area contributed by atoms with E-state index in [1.54, 1.807) is 12.3 Å². The molecule has 1 N–H and O–H groups in total. The highest BCUT2D eigenvalue weighted by Crippen LogP contribution is 2.33. The Morgan fingerprint density at radius 3 is 2.81 bits per heavy atom. The van der Waals surface area contributed by atoms with Crippen molar-refractivity contribution in [2.24, 2.45) is 0 Å². The molecule has 0 bridgehead atoms. The molecular formula is C15H15F3N2O. The summed E-state index contributed by atoms with van der Waals surface area (Å²) in [6.07, 6.45) is -1.64. The van der Waals surface area contributed by atoms with Crippen LogP contribution in [0.5, 0.6) is 0 Å². The van der Waals surface area contributed by atoms with E-state index in [4.69, 9.17) is 0 Å². The molecule has 0 aliphatic carbocycles. The zero-order chi connectivity index (χ0) is 15.0. The second kappa shape index (κ2) is 5.18.